The molecule has 1 aliphatic heterocycles. The van der Waals surface area contributed by atoms with E-state index in [0.717, 1.165) is 12.1 Å². The zero-order chi connectivity index (χ0) is 26.6. The number of benzene rings is 3. The van der Waals surface area contributed by atoms with Gasteiger partial charge in [-0.15, -0.1) is 0 Å². The van der Waals surface area contributed by atoms with Crippen molar-refractivity contribution in [2.45, 2.75) is 18.0 Å². The second-order valence-corrected chi connectivity index (χ2v) is 9.83. The molecule has 37 heavy (non-hydrogen) atoms. The first-order chi connectivity index (χ1) is 17.6. The van der Waals surface area contributed by atoms with Gasteiger partial charge in [0.2, 0.25) is 0 Å². The topological polar surface area (TPSA) is 97.3 Å². The van der Waals surface area contributed by atoms with Crippen molar-refractivity contribution in [3.05, 3.63) is 83.9 Å². The molecule has 0 bridgehead atoms. The van der Waals surface area contributed by atoms with E-state index in [2.05, 4.69) is 10.5 Å². The number of hydrazone groups is 1. The average molecular weight is 534 g/mol. The molecule has 0 saturated heterocycles. The number of ether oxygens (including phenoxy) is 2. The number of halogens is 3. The highest BCUT2D eigenvalue weighted by Crippen LogP contribution is 2.33. The highest BCUT2D eigenvalue weighted by atomic mass is 32.2. The smallest absolute Gasteiger partial charge is 0.416 e. The van der Waals surface area contributed by atoms with Gasteiger partial charge in [-0.25, -0.2) is 13.8 Å². The van der Waals surface area contributed by atoms with E-state index in [1.807, 2.05) is 0 Å². The van der Waals surface area contributed by atoms with Crippen molar-refractivity contribution in [1.82, 2.24) is 5.43 Å². The van der Waals surface area contributed by atoms with Crippen LogP contribution in [0.2, 0.25) is 0 Å². The molecule has 0 aromatic heterocycles. The van der Waals surface area contributed by atoms with Gasteiger partial charge in [0.25, 0.3) is 15.9 Å². The Bertz CT molecular complexity index is 1430. The number of nitrogens with one attached hydrogen (secondary N) is 1. The van der Waals surface area contributed by atoms with Crippen LogP contribution in [0.5, 0.6) is 11.5 Å². The molecule has 8 nitrogen and oxygen atoms in total. The minimum atomic E-state index is -4.70. The molecule has 0 radical (unpaired) electrons. The first kappa shape index (κ1) is 26.0. The molecule has 1 aliphatic rings. The van der Waals surface area contributed by atoms with Crippen LogP contribution in [0, 0.1) is 0 Å². The van der Waals surface area contributed by atoms with Crippen LogP contribution >= 0.6 is 0 Å². The highest BCUT2D eigenvalue weighted by Gasteiger charge is 2.33. The third-order valence-electron chi connectivity index (χ3n) is 5.39. The fraction of sp³-hybridized carbons (Fsp3) is 0.200. The van der Waals surface area contributed by atoms with Crippen molar-refractivity contribution in [2.24, 2.45) is 5.10 Å². The number of amides is 1. The second-order valence-electron chi connectivity index (χ2n) is 7.96. The summed E-state index contributed by atoms with van der Waals surface area (Å²) in [6.07, 6.45) is -4.70. The molecular weight excluding hydrogens is 511 g/mol. The van der Waals surface area contributed by atoms with Gasteiger partial charge in [-0.1, -0.05) is 24.3 Å². The lowest BCUT2D eigenvalue weighted by atomic mass is 10.1. The van der Waals surface area contributed by atoms with Gasteiger partial charge in [0.15, 0.2) is 11.5 Å². The third-order valence-corrected chi connectivity index (χ3v) is 7.18. The fourth-order valence-electron chi connectivity index (χ4n) is 3.52. The molecule has 0 atom stereocenters. The molecule has 0 spiro atoms. The molecule has 1 N–H and O–H groups in total. The van der Waals surface area contributed by atoms with Crippen LogP contribution in [0.4, 0.5) is 18.9 Å². The first-order valence-corrected chi connectivity index (χ1v) is 12.5. The van der Waals surface area contributed by atoms with Crippen LogP contribution in [0.25, 0.3) is 0 Å². The predicted octanol–water partition coefficient (Wildman–Crippen LogP) is 4.21. The molecule has 0 fully saturated rings. The molecule has 4 rings (SSSR count). The van der Waals surface area contributed by atoms with E-state index in [0.29, 0.717) is 46.4 Å². The molecular formula is C25H22F3N3O5S. The summed E-state index contributed by atoms with van der Waals surface area (Å²) in [6.45, 7) is 1.64. The molecule has 1 amide bonds. The van der Waals surface area contributed by atoms with E-state index < -0.39 is 34.2 Å². The standard InChI is InChI=1S/C25H22F3N3O5S/c1-17(18-10-11-22-23(14-18)36-13-12-35-22)29-30-24(32)16-31(37(33,34)21-8-3-2-4-9-21)20-7-5-6-19(15-20)25(26,27)28/h2-11,14-15H,12-13,16H2,1H3,(H,30,32)/b29-17-. The zero-order valence-corrected chi connectivity index (χ0v) is 20.3. The number of fused-ring (bicyclic) bond motifs is 1. The van der Waals surface area contributed by atoms with E-state index in [4.69, 9.17) is 9.47 Å². The monoisotopic (exact) mass is 533 g/mol. The van der Waals surface area contributed by atoms with Gasteiger partial charge < -0.3 is 9.47 Å². The summed E-state index contributed by atoms with van der Waals surface area (Å²) in [4.78, 5) is 12.6. The summed E-state index contributed by atoms with van der Waals surface area (Å²) in [5.41, 5.74) is 1.92. The summed E-state index contributed by atoms with van der Waals surface area (Å²) in [6, 6.07) is 16.0. The number of carbonyl (C=O) groups is 1. The highest BCUT2D eigenvalue weighted by molar-refractivity contribution is 7.92. The Hall–Kier alpha value is -4.06. The average Bonchev–Trinajstić information content (AvgIpc) is 2.90. The first-order valence-electron chi connectivity index (χ1n) is 11.0. The van der Waals surface area contributed by atoms with Gasteiger partial charge in [-0.3, -0.25) is 9.10 Å². The zero-order valence-electron chi connectivity index (χ0n) is 19.5. The molecule has 0 saturated carbocycles. The van der Waals surface area contributed by atoms with Crippen LogP contribution < -0.4 is 19.2 Å². The SMILES string of the molecule is C/C(=N/NC(=O)CN(c1cccc(C(F)(F)F)c1)S(=O)(=O)c1ccccc1)c1ccc2c(c1)OCCO2. The Morgan fingerprint density at radius 3 is 2.38 bits per heavy atom. The Kier molecular flexibility index (Phi) is 7.39. The lowest BCUT2D eigenvalue weighted by Gasteiger charge is -2.24. The predicted molar refractivity (Wildman–Crippen MR) is 130 cm³/mol. The summed E-state index contributed by atoms with van der Waals surface area (Å²) < 4.78 is 78.2. The van der Waals surface area contributed by atoms with Crippen molar-refractivity contribution in [2.75, 3.05) is 24.1 Å². The van der Waals surface area contributed by atoms with Crippen LogP contribution in [0.3, 0.4) is 0 Å². The van der Waals surface area contributed by atoms with E-state index in [1.54, 1.807) is 31.2 Å². The van der Waals surface area contributed by atoms with Crippen LogP contribution in [0.1, 0.15) is 18.1 Å². The largest absolute Gasteiger partial charge is 0.486 e. The molecule has 1 heterocycles. The number of nitrogens with zero attached hydrogens (tertiary/aromatic N) is 2. The van der Waals surface area contributed by atoms with Gasteiger partial charge in [0, 0.05) is 5.56 Å². The maximum atomic E-state index is 13.3. The number of carbonyl (C=O) groups excluding carboxylic acids is 1. The number of anilines is 1. The van der Waals surface area contributed by atoms with Gasteiger partial charge in [0.1, 0.15) is 19.8 Å². The quantitative estimate of drug-likeness (QED) is 0.363. The number of rotatable bonds is 7. The molecule has 3 aromatic carbocycles. The Labute approximate surface area is 211 Å². The summed E-state index contributed by atoms with van der Waals surface area (Å²) in [5.74, 6) is 0.248. The molecule has 12 heteroatoms. The fourth-order valence-corrected chi connectivity index (χ4v) is 4.95. The van der Waals surface area contributed by atoms with Gasteiger partial charge >= 0.3 is 6.18 Å². The Balaban J connectivity index is 1.60. The number of hydrogen-bond acceptors (Lipinski definition) is 6. The van der Waals surface area contributed by atoms with Crippen molar-refractivity contribution in [3.8, 4) is 11.5 Å². The number of sulfonamides is 1. The van der Waals surface area contributed by atoms with Gasteiger partial charge in [-0.2, -0.15) is 18.3 Å². The summed E-state index contributed by atoms with van der Waals surface area (Å²) >= 11 is 0. The van der Waals surface area contributed by atoms with Crippen molar-refractivity contribution >= 4 is 27.3 Å². The minimum absolute atomic E-state index is 0.184. The molecule has 0 aliphatic carbocycles. The molecule has 194 valence electrons. The van der Waals surface area contributed by atoms with Gasteiger partial charge in [-0.05, 0) is 55.5 Å². The number of hydrogen-bond donors (Lipinski definition) is 1. The van der Waals surface area contributed by atoms with E-state index >= 15 is 0 Å². The van der Waals surface area contributed by atoms with Crippen LogP contribution in [-0.4, -0.2) is 39.8 Å². The minimum Gasteiger partial charge on any atom is -0.486 e. The normalized spacial score (nSPS) is 13.7. The van der Waals surface area contributed by atoms with Crippen molar-refractivity contribution in [1.29, 1.82) is 0 Å². The van der Waals surface area contributed by atoms with E-state index in [9.17, 15) is 26.4 Å². The van der Waals surface area contributed by atoms with E-state index in [-0.39, 0.29) is 10.6 Å². The maximum absolute atomic E-state index is 13.3. The lowest BCUT2D eigenvalue weighted by Crippen LogP contribution is -2.39. The Morgan fingerprint density at radius 2 is 1.68 bits per heavy atom. The molecule has 0 unspecified atom stereocenters. The van der Waals surface area contributed by atoms with Crippen molar-refractivity contribution < 1.29 is 35.9 Å². The summed E-state index contributed by atoms with van der Waals surface area (Å²) in [5, 5.41) is 4.02. The molecule has 3 aromatic rings. The van der Waals surface area contributed by atoms with Gasteiger partial charge in [0.05, 0.1) is 21.9 Å². The number of alkyl halides is 3. The second kappa shape index (κ2) is 10.5. The van der Waals surface area contributed by atoms with Crippen LogP contribution in [-0.2, 0) is 21.0 Å². The van der Waals surface area contributed by atoms with E-state index in [1.165, 1.54) is 30.3 Å². The summed E-state index contributed by atoms with van der Waals surface area (Å²) in [7, 11) is -4.39. The van der Waals surface area contributed by atoms with Crippen LogP contribution in [0.15, 0.2) is 82.8 Å². The third kappa shape index (κ3) is 6.02. The Morgan fingerprint density at radius 1 is 0.973 bits per heavy atom. The van der Waals surface area contributed by atoms with Crippen molar-refractivity contribution in [3.63, 3.8) is 0 Å². The lowest BCUT2D eigenvalue weighted by molar-refractivity contribution is -0.137. The maximum Gasteiger partial charge on any atom is 0.416 e.